The molecule has 44 heavy (non-hydrogen) atoms. The van der Waals surface area contributed by atoms with Crippen molar-refractivity contribution < 1.29 is 0 Å². The van der Waals surface area contributed by atoms with Crippen LogP contribution in [0, 0.1) is 0 Å². The molecular formula is C39H31N5. The first-order chi connectivity index (χ1) is 21.8. The van der Waals surface area contributed by atoms with Gasteiger partial charge in [-0.3, -0.25) is 9.89 Å². The lowest BCUT2D eigenvalue weighted by Crippen LogP contribution is -2.52. The van der Waals surface area contributed by atoms with Crippen LogP contribution in [0.25, 0.3) is 65.7 Å². The Labute approximate surface area is 256 Å². The van der Waals surface area contributed by atoms with Gasteiger partial charge in [0.25, 0.3) is 0 Å². The maximum Gasteiger partial charge on any atom is 0.202 e. The number of aromatic nitrogens is 2. The Balaban J connectivity index is 1.17. The molecule has 0 radical (unpaired) electrons. The summed E-state index contributed by atoms with van der Waals surface area (Å²) in [4.78, 5) is 20.1. The third-order valence-electron chi connectivity index (χ3n) is 9.19. The average molecular weight is 570 g/mol. The molecule has 0 unspecified atom stereocenters. The number of pyridine rings is 2. The molecule has 7 aromatic rings. The number of aliphatic imine (C=N–C) groups is 1. The van der Waals surface area contributed by atoms with Gasteiger partial charge in [-0.25, -0.2) is 9.97 Å². The fourth-order valence-corrected chi connectivity index (χ4v) is 7.05. The monoisotopic (exact) mass is 569 g/mol. The largest absolute Gasteiger partial charge is 0.342 e. The van der Waals surface area contributed by atoms with Crippen LogP contribution in [0.5, 0.6) is 0 Å². The van der Waals surface area contributed by atoms with Crippen LogP contribution in [0.4, 0.5) is 5.82 Å². The number of benzene rings is 5. The first kappa shape index (κ1) is 25.2. The molecule has 0 atom stereocenters. The number of anilines is 1. The van der Waals surface area contributed by atoms with Crippen molar-refractivity contribution in [3.05, 3.63) is 115 Å². The molecule has 0 saturated carbocycles. The van der Waals surface area contributed by atoms with Gasteiger partial charge in [-0.05, 0) is 75.8 Å². The van der Waals surface area contributed by atoms with Crippen molar-refractivity contribution in [3.63, 3.8) is 0 Å². The molecule has 0 amide bonds. The summed E-state index contributed by atoms with van der Waals surface area (Å²) in [6.45, 7) is 3.97. The van der Waals surface area contributed by atoms with Gasteiger partial charge in [-0.1, -0.05) is 84.9 Å². The van der Waals surface area contributed by atoms with Gasteiger partial charge in [-0.15, -0.1) is 0 Å². The fraction of sp³-hybridized carbons (Fsp3) is 0.154. The quantitative estimate of drug-likeness (QED) is 0.200. The molecule has 5 aromatic carbocycles. The highest BCUT2D eigenvalue weighted by atomic mass is 15.4. The third kappa shape index (κ3) is 4.11. The molecule has 9 rings (SSSR count). The Morgan fingerprint density at radius 3 is 2.16 bits per heavy atom. The molecule has 0 aliphatic carbocycles. The topological polar surface area (TPSA) is 44.6 Å². The van der Waals surface area contributed by atoms with Crippen molar-refractivity contribution in [2.75, 3.05) is 31.1 Å². The predicted octanol–water partition coefficient (Wildman–Crippen LogP) is 8.70. The maximum atomic E-state index is 5.27. The predicted molar refractivity (Wildman–Crippen MR) is 183 cm³/mol. The van der Waals surface area contributed by atoms with E-state index in [0.29, 0.717) is 0 Å². The van der Waals surface area contributed by atoms with Crippen LogP contribution in [-0.4, -0.2) is 47.0 Å². The van der Waals surface area contributed by atoms with Crippen molar-refractivity contribution in [3.8, 4) is 22.4 Å². The molecule has 2 aliphatic heterocycles. The van der Waals surface area contributed by atoms with Crippen molar-refractivity contribution in [1.82, 2.24) is 14.9 Å². The Morgan fingerprint density at radius 1 is 0.523 bits per heavy atom. The molecule has 0 spiro atoms. The molecular weight excluding hydrogens is 538 g/mol. The van der Waals surface area contributed by atoms with E-state index in [9.17, 15) is 0 Å². The highest BCUT2D eigenvalue weighted by Gasteiger charge is 2.27. The van der Waals surface area contributed by atoms with Crippen LogP contribution in [0.3, 0.4) is 0 Å². The number of rotatable bonds is 3. The van der Waals surface area contributed by atoms with Gasteiger partial charge < -0.3 is 4.90 Å². The summed E-state index contributed by atoms with van der Waals surface area (Å²) in [5.74, 6) is 2.02. The lowest BCUT2D eigenvalue weighted by Gasteiger charge is -2.40. The van der Waals surface area contributed by atoms with E-state index in [2.05, 4.69) is 125 Å². The van der Waals surface area contributed by atoms with Crippen LogP contribution in [0.2, 0.25) is 0 Å². The van der Waals surface area contributed by atoms with E-state index in [1.807, 2.05) is 0 Å². The molecule has 5 nitrogen and oxygen atoms in total. The Bertz CT molecular complexity index is 2270. The van der Waals surface area contributed by atoms with Crippen LogP contribution >= 0.6 is 0 Å². The zero-order valence-electron chi connectivity index (χ0n) is 24.4. The number of hydrogen-bond acceptors (Lipinski definition) is 5. The van der Waals surface area contributed by atoms with Gasteiger partial charge in [0.15, 0.2) is 0 Å². The van der Waals surface area contributed by atoms with Crippen LogP contribution in [-0.2, 0) is 0 Å². The summed E-state index contributed by atoms with van der Waals surface area (Å²) in [6, 6.07) is 41.4. The first-order valence-electron chi connectivity index (χ1n) is 15.6. The lowest BCUT2D eigenvalue weighted by molar-refractivity contribution is 0.359. The first-order valence-corrected chi connectivity index (χ1v) is 15.6. The second kappa shape index (κ2) is 10.2. The van der Waals surface area contributed by atoms with Gasteiger partial charge in [0.05, 0.1) is 16.7 Å². The van der Waals surface area contributed by atoms with Gasteiger partial charge in [-0.2, -0.15) is 0 Å². The molecule has 2 aromatic heterocycles. The standard InChI is InChI=1S/C39H31N5/c1-2-11-31-29(8-1)25-34(33-13-4-3-12-32(31)33)28-9-5-10-30(24-28)35-18-16-26-14-15-27-17-19-36(42-38(27)37(26)41-35)44-23-7-22-43-21-6-20-40-39(43)44/h1-5,8-19,24-25H,6-7,20-23H2. The third-order valence-corrected chi connectivity index (χ3v) is 9.19. The van der Waals surface area contributed by atoms with Crippen LogP contribution in [0.15, 0.2) is 120 Å². The van der Waals surface area contributed by atoms with Gasteiger partial charge >= 0.3 is 0 Å². The smallest absolute Gasteiger partial charge is 0.202 e. The Hall–Kier alpha value is -5.29. The van der Waals surface area contributed by atoms with Crippen molar-refractivity contribution in [2.45, 2.75) is 12.8 Å². The van der Waals surface area contributed by atoms with E-state index in [1.54, 1.807) is 0 Å². The molecule has 2 aliphatic rings. The molecule has 212 valence electrons. The van der Waals surface area contributed by atoms with Crippen molar-refractivity contribution >= 4 is 55.1 Å². The van der Waals surface area contributed by atoms with E-state index in [-0.39, 0.29) is 0 Å². The van der Waals surface area contributed by atoms with E-state index in [4.69, 9.17) is 15.0 Å². The number of fused-ring (bicyclic) bond motifs is 7. The normalized spacial score (nSPS) is 15.2. The van der Waals surface area contributed by atoms with Crippen LogP contribution < -0.4 is 4.90 Å². The van der Waals surface area contributed by atoms with Gasteiger partial charge in [0.1, 0.15) is 5.82 Å². The highest BCUT2D eigenvalue weighted by Crippen LogP contribution is 2.37. The summed E-state index contributed by atoms with van der Waals surface area (Å²) in [7, 11) is 0. The zero-order valence-corrected chi connectivity index (χ0v) is 24.4. The summed E-state index contributed by atoms with van der Waals surface area (Å²) >= 11 is 0. The second-order valence-corrected chi connectivity index (χ2v) is 11.9. The van der Waals surface area contributed by atoms with Crippen molar-refractivity contribution in [2.24, 2.45) is 4.99 Å². The summed E-state index contributed by atoms with van der Waals surface area (Å²) in [5.41, 5.74) is 6.34. The van der Waals surface area contributed by atoms with Gasteiger partial charge in [0.2, 0.25) is 5.96 Å². The van der Waals surface area contributed by atoms with Crippen LogP contribution in [0.1, 0.15) is 12.8 Å². The highest BCUT2D eigenvalue weighted by molar-refractivity contribution is 6.14. The number of nitrogens with zero attached hydrogens (tertiary/aromatic N) is 5. The van der Waals surface area contributed by atoms with E-state index in [0.717, 1.165) is 83.9 Å². The lowest BCUT2D eigenvalue weighted by atomic mass is 9.92. The summed E-state index contributed by atoms with van der Waals surface area (Å²) in [5, 5.41) is 7.26. The molecule has 4 heterocycles. The SMILES string of the molecule is c1cc(-c2ccc3ccc4ccc(N5CCCN6CCCN=C65)nc4c3n2)cc(-c2cc3ccccc3c3ccccc23)c1. The second-order valence-electron chi connectivity index (χ2n) is 11.9. The average Bonchev–Trinajstić information content (AvgIpc) is 3.10. The Kier molecular flexibility index (Phi) is 5.83. The van der Waals surface area contributed by atoms with E-state index >= 15 is 0 Å². The minimum atomic E-state index is 0.887. The minimum Gasteiger partial charge on any atom is -0.342 e. The number of hydrogen-bond donors (Lipinski definition) is 0. The van der Waals surface area contributed by atoms with Crippen molar-refractivity contribution in [1.29, 1.82) is 0 Å². The molecule has 0 N–H and O–H groups in total. The Morgan fingerprint density at radius 2 is 1.25 bits per heavy atom. The number of guanidine groups is 1. The van der Waals surface area contributed by atoms with E-state index < -0.39 is 0 Å². The maximum absolute atomic E-state index is 5.27. The fourth-order valence-electron chi connectivity index (χ4n) is 7.05. The zero-order chi connectivity index (χ0) is 29.0. The minimum absolute atomic E-state index is 0.887. The molecule has 1 fully saturated rings. The molecule has 0 bridgehead atoms. The summed E-state index contributed by atoms with van der Waals surface area (Å²) in [6.07, 6.45) is 2.23. The van der Waals surface area contributed by atoms with Gasteiger partial charge in [0, 0.05) is 42.5 Å². The molecule has 5 heteroatoms. The molecule has 1 saturated heterocycles. The van der Waals surface area contributed by atoms with E-state index in [1.165, 1.54) is 32.7 Å². The summed E-state index contributed by atoms with van der Waals surface area (Å²) < 4.78 is 0.